The topological polar surface area (TPSA) is 35.2 Å². The van der Waals surface area contributed by atoms with Gasteiger partial charge in [-0.05, 0) is 18.9 Å². The Bertz CT molecular complexity index is 256. The summed E-state index contributed by atoms with van der Waals surface area (Å²) in [6.07, 6.45) is 0.966. The Morgan fingerprint density at radius 2 is 1.93 bits per heavy atom. The summed E-state index contributed by atoms with van der Waals surface area (Å²) < 4.78 is 5.49. The number of aryl methyl sites for hydroxylation is 1. The van der Waals surface area contributed by atoms with Crippen molar-refractivity contribution in [2.24, 2.45) is 5.73 Å². The SMILES string of the molecule is CCC(N)COCc1ccc(C)cc1. The number of hydrogen-bond donors (Lipinski definition) is 1. The number of ether oxygens (including phenoxy) is 1. The van der Waals surface area contributed by atoms with E-state index in [4.69, 9.17) is 10.5 Å². The first-order valence-electron chi connectivity index (χ1n) is 5.11. The van der Waals surface area contributed by atoms with Crippen LogP contribution in [0.25, 0.3) is 0 Å². The van der Waals surface area contributed by atoms with E-state index < -0.39 is 0 Å². The van der Waals surface area contributed by atoms with Gasteiger partial charge in [-0.1, -0.05) is 36.8 Å². The first kappa shape index (κ1) is 11.2. The van der Waals surface area contributed by atoms with Gasteiger partial charge in [0.05, 0.1) is 13.2 Å². The Labute approximate surface area is 86.1 Å². The van der Waals surface area contributed by atoms with Crippen molar-refractivity contribution in [2.45, 2.75) is 32.9 Å². The van der Waals surface area contributed by atoms with Gasteiger partial charge in [0.25, 0.3) is 0 Å². The normalized spacial score (nSPS) is 12.8. The van der Waals surface area contributed by atoms with E-state index in [1.54, 1.807) is 0 Å². The lowest BCUT2D eigenvalue weighted by Gasteiger charge is -2.09. The van der Waals surface area contributed by atoms with Crippen LogP contribution < -0.4 is 5.73 Å². The molecule has 2 nitrogen and oxygen atoms in total. The third kappa shape index (κ3) is 3.90. The molecule has 0 aliphatic heterocycles. The molecule has 0 aliphatic rings. The summed E-state index contributed by atoms with van der Waals surface area (Å²) in [5, 5.41) is 0. The number of nitrogens with two attached hydrogens (primary N) is 1. The van der Waals surface area contributed by atoms with E-state index in [1.807, 2.05) is 0 Å². The Balaban J connectivity index is 2.28. The highest BCUT2D eigenvalue weighted by molar-refractivity contribution is 5.20. The van der Waals surface area contributed by atoms with Gasteiger partial charge >= 0.3 is 0 Å². The molecule has 14 heavy (non-hydrogen) atoms. The molecule has 2 N–H and O–H groups in total. The second kappa shape index (κ2) is 5.78. The van der Waals surface area contributed by atoms with Gasteiger partial charge in [-0.25, -0.2) is 0 Å². The Hall–Kier alpha value is -0.860. The van der Waals surface area contributed by atoms with Crippen LogP contribution in [0, 0.1) is 6.92 Å². The van der Waals surface area contributed by atoms with Gasteiger partial charge in [-0.3, -0.25) is 0 Å². The van der Waals surface area contributed by atoms with Crippen LogP contribution in [0.4, 0.5) is 0 Å². The quantitative estimate of drug-likeness (QED) is 0.778. The van der Waals surface area contributed by atoms with Gasteiger partial charge < -0.3 is 10.5 Å². The Kier molecular flexibility index (Phi) is 4.63. The highest BCUT2D eigenvalue weighted by Crippen LogP contribution is 2.04. The van der Waals surface area contributed by atoms with Crippen molar-refractivity contribution >= 4 is 0 Å². The maximum absolute atomic E-state index is 5.74. The second-order valence-electron chi connectivity index (χ2n) is 3.67. The van der Waals surface area contributed by atoms with Gasteiger partial charge in [0, 0.05) is 6.04 Å². The highest BCUT2D eigenvalue weighted by Gasteiger charge is 1.98. The van der Waals surface area contributed by atoms with Crippen molar-refractivity contribution in [3.05, 3.63) is 35.4 Å². The molecule has 0 heterocycles. The van der Waals surface area contributed by atoms with Gasteiger partial charge in [0.1, 0.15) is 0 Å². The molecular formula is C12H19NO. The van der Waals surface area contributed by atoms with Crippen LogP contribution in [0.1, 0.15) is 24.5 Å². The second-order valence-corrected chi connectivity index (χ2v) is 3.67. The van der Waals surface area contributed by atoms with Crippen LogP contribution in [0.2, 0.25) is 0 Å². The maximum Gasteiger partial charge on any atom is 0.0717 e. The molecule has 1 aromatic carbocycles. The fourth-order valence-corrected chi connectivity index (χ4v) is 1.13. The van der Waals surface area contributed by atoms with Crippen LogP contribution >= 0.6 is 0 Å². The fraction of sp³-hybridized carbons (Fsp3) is 0.500. The van der Waals surface area contributed by atoms with E-state index in [0.717, 1.165) is 6.42 Å². The summed E-state index contributed by atoms with van der Waals surface area (Å²) in [6.45, 7) is 5.45. The lowest BCUT2D eigenvalue weighted by Crippen LogP contribution is -2.24. The van der Waals surface area contributed by atoms with Gasteiger partial charge in [0.2, 0.25) is 0 Å². The molecule has 0 fully saturated rings. The first-order valence-corrected chi connectivity index (χ1v) is 5.11. The smallest absolute Gasteiger partial charge is 0.0717 e. The minimum absolute atomic E-state index is 0.167. The molecule has 2 heteroatoms. The van der Waals surface area contributed by atoms with Crippen LogP contribution in [0.3, 0.4) is 0 Å². The molecule has 1 atom stereocenters. The predicted octanol–water partition coefficient (Wildman–Crippen LogP) is 2.25. The third-order valence-electron chi connectivity index (χ3n) is 2.25. The predicted molar refractivity (Wildman–Crippen MR) is 59.1 cm³/mol. The molecule has 1 aromatic rings. The molecule has 0 amide bonds. The average molecular weight is 193 g/mol. The summed E-state index contributed by atoms with van der Waals surface area (Å²) in [5.41, 5.74) is 8.22. The zero-order valence-corrected chi connectivity index (χ0v) is 8.99. The summed E-state index contributed by atoms with van der Waals surface area (Å²) in [6, 6.07) is 8.54. The zero-order chi connectivity index (χ0) is 10.4. The van der Waals surface area contributed by atoms with Crippen molar-refractivity contribution < 1.29 is 4.74 Å². The first-order chi connectivity index (χ1) is 6.72. The van der Waals surface area contributed by atoms with Crippen LogP contribution in [0.15, 0.2) is 24.3 Å². The number of benzene rings is 1. The van der Waals surface area contributed by atoms with E-state index in [9.17, 15) is 0 Å². The van der Waals surface area contributed by atoms with Crippen LogP contribution in [-0.4, -0.2) is 12.6 Å². The van der Waals surface area contributed by atoms with E-state index >= 15 is 0 Å². The van der Waals surface area contributed by atoms with Crippen molar-refractivity contribution in [2.75, 3.05) is 6.61 Å². The van der Waals surface area contributed by atoms with Gasteiger partial charge in [-0.15, -0.1) is 0 Å². The van der Waals surface area contributed by atoms with Crippen LogP contribution in [-0.2, 0) is 11.3 Å². The van der Waals surface area contributed by atoms with Crippen molar-refractivity contribution in [3.63, 3.8) is 0 Å². The largest absolute Gasteiger partial charge is 0.375 e. The number of rotatable bonds is 5. The molecule has 0 saturated heterocycles. The monoisotopic (exact) mass is 193 g/mol. The van der Waals surface area contributed by atoms with E-state index in [0.29, 0.717) is 13.2 Å². The average Bonchev–Trinajstić information content (AvgIpc) is 2.21. The summed E-state index contributed by atoms with van der Waals surface area (Å²) in [4.78, 5) is 0. The van der Waals surface area contributed by atoms with E-state index in [1.165, 1.54) is 11.1 Å². The molecule has 0 saturated carbocycles. The van der Waals surface area contributed by atoms with Gasteiger partial charge in [-0.2, -0.15) is 0 Å². The molecule has 0 aromatic heterocycles. The Morgan fingerprint density at radius 3 is 2.50 bits per heavy atom. The standard InChI is InChI=1S/C12H19NO/c1-3-12(13)9-14-8-11-6-4-10(2)5-7-11/h4-7,12H,3,8-9,13H2,1-2H3. The van der Waals surface area contributed by atoms with E-state index in [-0.39, 0.29) is 6.04 Å². The summed E-state index contributed by atoms with van der Waals surface area (Å²) in [7, 11) is 0. The zero-order valence-electron chi connectivity index (χ0n) is 8.99. The molecule has 1 rings (SSSR count). The Morgan fingerprint density at radius 1 is 1.29 bits per heavy atom. The maximum atomic E-state index is 5.74. The van der Waals surface area contributed by atoms with Crippen molar-refractivity contribution in [3.8, 4) is 0 Å². The van der Waals surface area contributed by atoms with Crippen molar-refractivity contribution in [1.29, 1.82) is 0 Å². The molecule has 0 bridgehead atoms. The molecular weight excluding hydrogens is 174 g/mol. The lowest BCUT2D eigenvalue weighted by molar-refractivity contribution is 0.107. The number of hydrogen-bond acceptors (Lipinski definition) is 2. The summed E-state index contributed by atoms with van der Waals surface area (Å²) in [5.74, 6) is 0. The minimum Gasteiger partial charge on any atom is -0.375 e. The van der Waals surface area contributed by atoms with Gasteiger partial charge in [0.15, 0.2) is 0 Å². The molecule has 1 unspecified atom stereocenters. The highest BCUT2D eigenvalue weighted by atomic mass is 16.5. The summed E-state index contributed by atoms with van der Waals surface area (Å²) >= 11 is 0. The molecule has 78 valence electrons. The lowest BCUT2D eigenvalue weighted by atomic mass is 10.2. The molecule has 0 radical (unpaired) electrons. The van der Waals surface area contributed by atoms with Crippen molar-refractivity contribution in [1.82, 2.24) is 0 Å². The molecule has 0 spiro atoms. The minimum atomic E-state index is 0.167. The fourth-order valence-electron chi connectivity index (χ4n) is 1.13. The van der Waals surface area contributed by atoms with Crippen LogP contribution in [0.5, 0.6) is 0 Å². The third-order valence-corrected chi connectivity index (χ3v) is 2.25. The van der Waals surface area contributed by atoms with E-state index in [2.05, 4.69) is 38.1 Å². The molecule has 0 aliphatic carbocycles.